The van der Waals surface area contributed by atoms with Crippen molar-refractivity contribution >= 4 is 42.3 Å². The maximum Gasteiger partial charge on any atom is 0.294 e. The molecule has 130 valence electrons. The predicted molar refractivity (Wildman–Crippen MR) is 95.4 cm³/mol. The van der Waals surface area contributed by atoms with Crippen molar-refractivity contribution in [1.82, 2.24) is 0 Å². The van der Waals surface area contributed by atoms with Crippen molar-refractivity contribution in [3.63, 3.8) is 0 Å². The van der Waals surface area contributed by atoms with Crippen molar-refractivity contribution in [2.75, 3.05) is 10.5 Å². The van der Waals surface area contributed by atoms with E-state index in [1.165, 1.54) is 24.3 Å². The summed E-state index contributed by atoms with van der Waals surface area (Å²) >= 11 is 0. The SMILES string of the molecule is Nc1ccc2ccc(S(=O)(=O)Nc3cccc(S(=O)(=O)O)c3)cc2c1. The Balaban J connectivity index is 2.00. The lowest BCUT2D eigenvalue weighted by Crippen LogP contribution is -2.13. The smallest absolute Gasteiger partial charge is 0.294 e. The second kappa shape index (κ2) is 6.03. The molecule has 0 radical (unpaired) electrons. The first-order chi connectivity index (χ1) is 11.6. The lowest BCUT2D eigenvalue weighted by atomic mass is 10.1. The lowest BCUT2D eigenvalue weighted by molar-refractivity contribution is 0.483. The third-order valence-electron chi connectivity index (χ3n) is 3.53. The molecule has 0 saturated carbocycles. The molecule has 4 N–H and O–H groups in total. The maximum atomic E-state index is 12.5. The van der Waals surface area contributed by atoms with E-state index in [1.54, 1.807) is 24.3 Å². The molecule has 0 aliphatic heterocycles. The van der Waals surface area contributed by atoms with Gasteiger partial charge in [0.1, 0.15) is 0 Å². The fraction of sp³-hybridized carbons (Fsp3) is 0. The van der Waals surface area contributed by atoms with Crippen LogP contribution in [0.4, 0.5) is 11.4 Å². The number of fused-ring (bicyclic) bond motifs is 1. The van der Waals surface area contributed by atoms with E-state index in [4.69, 9.17) is 10.3 Å². The highest BCUT2D eigenvalue weighted by Gasteiger charge is 2.16. The molecule has 0 amide bonds. The van der Waals surface area contributed by atoms with Crippen LogP contribution in [0, 0.1) is 0 Å². The Hall–Kier alpha value is -2.62. The minimum atomic E-state index is -4.43. The molecule has 0 aromatic heterocycles. The molecule has 0 fully saturated rings. The number of nitrogens with two attached hydrogens (primary N) is 1. The van der Waals surface area contributed by atoms with Crippen LogP contribution in [0.15, 0.2) is 70.5 Å². The molecule has 3 aromatic carbocycles. The predicted octanol–water partition coefficient (Wildman–Crippen LogP) is 2.47. The summed E-state index contributed by atoms with van der Waals surface area (Å²) in [5, 5.41) is 1.50. The first kappa shape index (κ1) is 17.2. The van der Waals surface area contributed by atoms with Crippen molar-refractivity contribution in [2.45, 2.75) is 9.79 Å². The number of sulfonamides is 1. The van der Waals surface area contributed by atoms with Gasteiger partial charge in [-0.15, -0.1) is 0 Å². The number of nitrogen functional groups attached to an aromatic ring is 1. The van der Waals surface area contributed by atoms with E-state index in [0.717, 1.165) is 17.5 Å². The van der Waals surface area contributed by atoms with E-state index < -0.39 is 25.0 Å². The first-order valence-electron chi connectivity index (χ1n) is 7.05. The van der Waals surface area contributed by atoms with Crippen LogP contribution in [-0.4, -0.2) is 21.4 Å². The highest BCUT2D eigenvalue weighted by atomic mass is 32.2. The standard InChI is InChI=1S/C16H14N2O5S2/c17-13-6-4-11-5-7-15(9-12(11)8-13)24(19,20)18-14-2-1-3-16(10-14)25(21,22)23/h1-10,18H,17H2,(H,21,22,23). The maximum absolute atomic E-state index is 12.5. The Morgan fingerprint density at radius 3 is 2.24 bits per heavy atom. The Bertz CT molecular complexity index is 1170. The molecular formula is C16H14N2O5S2. The number of nitrogens with one attached hydrogen (secondary N) is 1. The molecule has 3 rings (SSSR count). The summed E-state index contributed by atoms with van der Waals surface area (Å²) in [5.41, 5.74) is 6.24. The topological polar surface area (TPSA) is 127 Å². The van der Waals surface area contributed by atoms with Crippen LogP contribution in [0.3, 0.4) is 0 Å². The number of anilines is 2. The van der Waals surface area contributed by atoms with E-state index in [0.29, 0.717) is 11.1 Å². The molecule has 7 nitrogen and oxygen atoms in total. The summed E-state index contributed by atoms with van der Waals surface area (Å²) < 4.78 is 58.8. The molecule has 9 heteroatoms. The van der Waals surface area contributed by atoms with E-state index in [9.17, 15) is 16.8 Å². The average molecular weight is 378 g/mol. The number of rotatable bonds is 4. The summed E-state index contributed by atoms with van der Waals surface area (Å²) in [6.45, 7) is 0. The van der Waals surface area contributed by atoms with Gasteiger partial charge >= 0.3 is 0 Å². The van der Waals surface area contributed by atoms with Gasteiger partial charge in [0.05, 0.1) is 15.5 Å². The monoisotopic (exact) mass is 378 g/mol. The normalized spacial score (nSPS) is 12.2. The lowest BCUT2D eigenvalue weighted by Gasteiger charge is -2.10. The van der Waals surface area contributed by atoms with E-state index >= 15 is 0 Å². The van der Waals surface area contributed by atoms with Crippen LogP contribution in [0.25, 0.3) is 10.8 Å². The number of benzene rings is 3. The second-order valence-corrected chi connectivity index (χ2v) is 8.48. The van der Waals surface area contributed by atoms with E-state index in [2.05, 4.69) is 4.72 Å². The minimum Gasteiger partial charge on any atom is -0.399 e. The van der Waals surface area contributed by atoms with Crippen LogP contribution in [0.1, 0.15) is 0 Å². The Kier molecular flexibility index (Phi) is 4.15. The highest BCUT2D eigenvalue weighted by Crippen LogP contribution is 2.24. The van der Waals surface area contributed by atoms with Gasteiger partial charge in [-0.25, -0.2) is 8.42 Å². The first-order valence-corrected chi connectivity index (χ1v) is 9.97. The van der Waals surface area contributed by atoms with Crippen molar-refractivity contribution < 1.29 is 21.4 Å². The van der Waals surface area contributed by atoms with Gasteiger partial charge < -0.3 is 5.73 Å². The molecule has 0 aliphatic rings. The van der Waals surface area contributed by atoms with Gasteiger partial charge in [0.2, 0.25) is 0 Å². The van der Waals surface area contributed by atoms with Crippen LogP contribution in [-0.2, 0) is 20.1 Å². The van der Waals surface area contributed by atoms with Gasteiger partial charge in [0.25, 0.3) is 20.1 Å². The summed E-state index contributed by atoms with van der Waals surface area (Å²) in [6.07, 6.45) is 0. The fourth-order valence-corrected chi connectivity index (χ4v) is 3.96. The van der Waals surface area contributed by atoms with E-state index in [1.807, 2.05) is 0 Å². The zero-order valence-corrected chi connectivity index (χ0v) is 14.4. The summed E-state index contributed by atoms with van der Waals surface area (Å²) in [5.74, 6) is 0. The van der Waals surface area contributed by atoms with Gasteiger partial charge in [0, 0.05) is 5.69 Å². The zero-order valence-electron chi connectivity index (χ0n) is 12.7. The molecule has 3 aromatic rings. The Morgan fingerprint density at radius 2 is 1.52 bits per heavy atom. The van der Waals surface area contributed by atoms with Crippen LogP contribution < -0.4 is 10.5 Å². The molecule has 0 bridgehead atoms. The second-order valence-electron chi connectivity index (χ2n) is 5.38. The summed E-state index contributed by atoms with van der Waals surface area (Å²) in [6, 6.07) is 14.6. The van der Waals surface area contributed by atoms with Gasteiger partial charge in [-0.05, 0) is 53.2 Å². The molecule has 0 atom stereocenters. The van der Waals surface area contributed by atoms with Crippen molar-refractivity contribution in [3.05, 3.63) is 60.7 Å². The molecule has 0 aliphatic carbocycles. The van der Waals surface area contributed by atoms with Crippen LogP contribution >= 0.6 is 0 Å². The number of hydrogen-bond acceptors (Lipinski definition) is 5. The van der Waals surface area contributed by atoms with Gasteiger partial charge in [-0.3, -0.25) is 9.27 Å². The van der Waals surface area contributed by atoms with Crippen molar-refractivity contribution in [2.24, 2.45) is 0 Å². The van der Waals surface area contributed by atoms with Gasteiger partial charge in [-0.1, -0.05) is 18.2 Å². The summed E-state index contributed by atoms with van der Waals surface area (Å²) in [7, 11) is -8.38. The van der Waals surface area contributed by atoms with Gasteiger partial charge in [-0.2, -0.15) is 8.42 Å². The molecule has 25 heavy (non-hydrogen) atoms. The molecule has 0 spiro atoms. The van der Waals surface area contributed by atoms with Crippen molar-refractivity contribution in [1.29, 1.82) is 0 Å². The molecule has 0 saturated heterocycles. The molecule has 0 heterocycles. The van der Waals surface area contributed by atoms with Crippen LogP contribution in [0.2, 0.25) is 0 Å². The minimum absolute atomic E-state index is 0.00265. The van der Waals surface area contributed by atoms with E-state index in [-0.39, 0.29) is 10.6 Å². The Labute approximate surface area is 144 Å². The highest BCUT2D eigenvalue weighted by molar-refractivity contribution is 7.92. The zero-order chi connectivity index (χ0) is 18.2. The summed E-state index contributed by atoms with van der Waals surface area (Å²) in [4.78, 5) is -0.401. The third-order valence-corrected chi connectivity index (χ3v) is 5.76. The van der Waals surface area contributed by atoms with Crippen LogP contribution in [0.5, 0.6) is 0 Å². The number of hydrogen-bond donors (Lipinski definition) is 3. The molecular weight excluding hydrogens is 364 g/mol. The quantitative estimate of drug-likeness (QED) is 0.473. The molecule has 0 unspecified atom stereocenters. The van der Waals surface area contributed by atoms with Crippen molar-refractivity contribution in [3.8, 4) is 0 Å². The average Bonchev–Trinajstić information content (AvgIpc) is 2.53. The van der Waals surface area contributed by atoms with Gasteiger partial charge in [0.15, 0.2) is 0 Å². The Morgan fingerprint density at radius 1 is 0.800 bits per heavy atom. The fourth-order valence-electron chi connectivity index (χ4n) is 2.34. The largest absolute Gasteiger partial charge is 0.399 e. The third kappa shape index (κ3) is 3.73.